The average Bonchev–Trinajstić information content (AvgIpc) is 2.46. The summed E-state index contributed by atoms with van der Waals surface area (Å²) < 4.78 is 0. The van der Waals surface area contributed by atoms with Crippen molar-refractivity contribution in [2.24, 2.45) is 0 Å². The fourth-order valence-corrected chi connectivity index (χ4v) is 4.13. The predicted octanol–water partition coefficient (Wildman–Crippen LogP) is 4.19. The van der Waals surface area contributed by atoms with Crippen LogP contribution in [0.3, 0.4) is 0 Å². The number of aryl methyl sites for hydroxylation is 1. The van der Waals surface area contributed by atoms with Crippen LogP contribution >= 0.6 is 11.8 Å². The van der Waals surface area contributed by atoms with Gasteiger partial charge in [0, 0.05) is 11.3 Å². The van der Waals surface area contributed by atoms with Gasteiger partial charge >= 0.3 is 0 Å². The van der Waals surface area contributed by atoms with Gasteiger partial charge in [0.1, 0.15) is 0 Å². The molecule has 2 unspecified atom stereocenters. The van der Waals surface area contributed by atoms with Crippen molar-refractivity contribution in [1.82, 2.24) is 5.32 Å². The molecule has 2 heteroatoms. The molecule has 0 bridgehead atoms. The van der Waals surface area contributed by atoms with E-state index in [0.717, 1.165) is 18.2 Å². The minimum atomic E-state index is 0.534. The Morgan fingerprint density at radius 2 is 2.00 bits per heavy atom. The van der Waals surface area contributed by atoms with Crippen molar-refractivity contribution in [2.45, 2.75) is 50.8 Å². The first kappa shape index (κ1) is 14.0. The third-order valence-electron chi connectivity index (χ3n) is 3.76. The number of hydrogen-bond donors (Lipinski definition) is 1. The van der Waals surface area contributed by atoms with E-state index in [2.05, 4.69) is 55.2 Å². The zero-order chi connectivity index (χ0) is 12.8. The summed E-state index contributed by atoms with van der Waals surface area (Å²) in [5, 5.41) is 4.44. The molecule has 1 N–H and O–H groups in total. The van der Waals surface area contributed by atoms with Crippen LogP contribution in [0.15, 0.2) is 24.3 Å². The Morgan fingerprint density at radius 1 is 1.22 bits per heavy atom. The van der Waals surface area contributed by atoms with Gasteiger partial charge < -0.3 is 5.32 Å². The summed E-state index contributed by atoms with van der Waals surface area (Å²) in [7, 11) is 0. The van der Waals surface area contributed by atoms with Crippen LogP contribution in [0, 0.1) is 0 Å². The minimum Gasteiger partial charge on any atom is -0.309 e. The molecule has 1 aromatic rings. The molecule has 1 aromatic carbocycles. The van der Waals surface area contributed by atoms with Crippen molar-refractivity contribution in [3.63, 3.8) is 0 Å². The van der Waals surface area contributed by atoms with E-state index in [9.17, 15) is 0 Å². The van der Waals surface area contributed by atoms with Crippen LogP contribution in [0.2, 0.25) is 0 Å². The largest absolute Gasteiger partial charge is 0.309 e. The first-order chi connectivity index (χ1) is 8.85. The molecule has 2 rings (SSSR count). The van der Waals surface area contributed by atoms with Gasteiger partial charge in [-0.15, -0.1) is 0 Å². The topological polar surface area (TPSA) is 12.0 Å². The number of nitrogens with one attached hydrogen (secondary N) is 1. The Bertz CT molecular complexity index is 341. The minimum absolute atomic E-state index is 0.534. The fraction of sp³-hybridized carbons (Fsp3) is 0.625. The summed E-state index contributed by atoms with van der Waals surface area (Å²) in [4.78, 5) is 0. The second kappa shape index (κ2) is 7.20. The van der Waals surface area contributed by atoms with E-state index in [4.69, 9.17) is 0 Å². The molecule has 1 heterocycles. The average molecular weight is 263 g/mol. The lowest BCUT2D eigenvalue weighted by Gasteiger charge is -2.31. The Kier molecular flexibility index (Phi) is 5.58. The molecule has 1 aliphatic rings. The molecule has 0 amide bonds. The maximum absolute atomic E-state index is 3.69. The van der Waals surface area contributed by atoms with Gasteiger partial charge in [-0.1, -0.05) is 44.5 Å². The summed E-state index contributed by atoms with van der Waals surface area (Å²) in [6.07, 6.45) is 5.28. The van der Waals surface area contributed by atoms with Gasteiger partial charge in [-0.05, 0) is 42.7 Å². The number of thioether (sulfide) groups is 1. The van der Waals surface area contributed by atoms with Crippen molar-refractivity contribution in [1.29, 1.82) is 0 Å². The summed E-state index contributed by atoms with van der Waals surface area (Å²) in [6.45, 7) is 5.48. The standard InChI is InChI=1S/C16H25NS/c1-3-13-8-10-14(11-9-13)16(17-4-2)15-7-5-6-12-18-15/h8-11,15-17H,3-7,12H2,1-2H3. The van der Waals surface area contributed by atoms with Crippen molar-refractivity contribution in [3.8, 4) is 0 Å². The van der Waals surface area contributed by atoms with Crippen LogP contribution in [0.4, 0.5) is 0 Å². The Labute approximate surface area is 116 Å². The second-order valence-electron chi connectivity index (χ2n) is 5.04. The van der Waals surface area contributed by atoms with Crippen molar-refractivity contribution < 1.29 is 0 Å². The fourth-order valence-electron chi connectivity index (χ4n) is 2.67. The highest BCUT2D eigenvalue weighted by atomic mass is 32.2. The molecule has 1 saturated heterocycles. The van der Waals surface area contributed by atoms with E-state index >= 15 is 0 Å². The summed E-state index contributed by atoms with van der Waals surface area (Å²) >= 11 is 2.15. The zero-order valence-corrected chi connectivity index (χ0v) is 12.4. The molecule has 0 radical (unpaired) electrons. The molecule has 0 aliphatic carbocycles. The molecule has 0 saturated carbocycles. The van der Waals surface area contributed by atoms with Crippen LogP contribution < -0.4 is 5.32 Å². The van der Waals surface area contributed by atoms with Gasteiger partial charge in [0.2, 0.25) is 0 Å². The van der Waals surface area contributed by atoms with Crippen LogP contribution in [0.5, 0.6) is 0 Å². The van der Waals surface area contributed by atoms with Gasteiger partial charge in [-0.3, -0.25) is 0 Å². The Morgan fingerprint density at radius 3 is 2.56 bits per heavy atom. The summed E-state index contributed by atoms with van der Waals surface area (Å²) in [5.41, 5.74) is 2.90. The monoisotopic (exact) mass is 263 g/mol. The normalized spacial score (nSPS) is 21.8. The van der Waals surface area contributed by atoms with E-state index in [1.807, 2.05) is 0 Å². The van der Waals surface area contributed by atoms with Gasteiger partial charge in [0.05, 0.1) is 0 Å². The van der Waals surface area contributed by atoms with Crippen molar-refractivity contribution >= 4 is 11.8 Å². The highest BCUT2D eigenvalue weighted by molar-refractivity contribution is 8.00. The highest BCUT2D eigenvalue weighted by Crippen LogP contribution is 2.34. The van der Waals surface area contributed by atoms with E-state index in [1.165, 1.54) is 36.1 Å². The third-order valence-corrected chi connectivity index (χ3v) is 5.22. The molecular weight excluding hydrogens is 238 g/mol. The van der Waals surface area contributed by atoms with Gasteiger partial charge in [-0.25, -0.2) is 0 Å². The molecule has 18 heavy (non-hydrogen) atoms. The number of hydrogen-bond acceptors (Lipinski definition) is 2. The predicted molar refractivity (Wildman–Crippen MR) is 82.3 cm³/mol. The van der Waals surface area contributed by atoms with Crippen LogP contribution in [-0.4, -0.2) is 17.5 Å². The smallest absolute Gasteiger partial charge is 0.0440 e. The van der Waals surface area contributed by atoms with Gasteiger partial charge in [0.25, 0.3) is 0 Å². The Hall–Kier alpha value is -0.470. The molecule has 1 aliphatic heterocycles. The molecular formula is C16H25NS. The number of rotatable bonds is 5. The zero-order valence-electron chi connectivity index (χ0n) is 11.6. The number of benzene rings is 1. The lowest BCUT2D eigenvalue weighted by Crippen LogP contribution is -2.31. The summed E-state index contributed by atoms with van der Waals surface area (Å²) in [6, 6.07) is 9.74. The first-order valence-corrected chi connectivity index (χ1v) is 8.33. The van der Waals surface area contributed by atoms with E-state index in [0.29, 0.717) is 6.04 Å². The third kappa shape index (κ3) is 3.52. The molecule has 0 aromatic heterocycles. The molecule has 1 fully saturated rings. The summed E-state index contributed by atoms with van der Waals surface area (Å²) in [5.74, 6) is 1.33. The molecule has 100 valence electrons. The highest BCUT2D eigenvalue weighted by Gasteiger charge is 2.24. The maximum Gasteiger partial charge on any atom is 0.0440 e. The van der Waals surface area contributed by atoms with E-state index in [-0.39, 0.29) is 0 Å². The Balaban J connectivity index is 2.11. The molecule has 0 spiro atoms. The van der Waals surface area contributed by atoms with Gasteiger partial charge in [0.15, 0.2) is 0 Å². The SMILES string of the molecule is CCNC(c1ccc(CC)cc1)C1CCCCS1. The quantitative estimate of drug-likeness (QED) is 0.855. The van der Waals surface area contributed by atoms with Crippen LogP contribution in [0.1, 0.15) is 50.3 Å². The van der Waals surface area contributed by atoms with Crippen molar-refractivity contribution in [3.05, 3.63) is 35.4 Å². The maximum atomic E-state index is 3.69. The molecule has 1 nitrogen and oxygen atoms in total. The van der Waals surface area contributed by atoms with Crippen molar-refractivity contribution in [2.75, 3.05) is 12.3 Å². The van der Waals surface area contributed by atoms with Gasteiger partial charge in [-0.2, -0.15) is 11.8 Å². The van der Waals surface area contributed by atoms with Crippen LogP contribution in [-0.2, 0) is 6.42 Å². The first-order valence-electron chi connectivity index (χ1n) is 7.29. The van der Waals surface area contributed by atoms with Crippen LogP contribution in [0.25, 0.3) is 0 Å². The van der Waals surface area contributed by atoms with E-state index < -0.39 is 0 Å². The lowest BCUT2D eigenvalue weighted by molar-refractivity contribution is 0.491. The molecule has 2 atom stereocenters. The second-order valence-corrected chi connectivity index (χ2v) is 6.38. The lowest BCUT2D eigenvalue weighted by atomic mass is 9.98. The van der Waals surface area contributed by atoms with E-state index in [1.54, 1.807) is 0 Å².